The van der Waals surface area contributed by atoms with Crippen molar-refractivity contribution in [1.29, 1.82) is 0 Å². The second-order valence-electron chi connectivity index (χ2n) is 15.1. The van der Waals surface area contributed by atoms with Crippen molar-refractivity contribution in [2.45, 2.75) is 124 Å². The minimum absolute atomic E-state index is 0.0356. The lowest BCUT2D eigenvalue weighted by Gasteiger charge is -2.28. The molecule has 0 aliphatic carbocycles. The quantitative estimate of drug-likeness (QED) is 0.0380. The Hall–Kier alpha value is -5.22. The van der Waals surface area contributed by atoms with E-state index in [4.69, 9.17) is 17.2 Å². The zero-order valence-corrected chi connectivity index (χ0v) is 34.3. The molecule has 0 saturated carbocycles. The summed E-state index contributed by atoms with van der Waals surface area (Å²) >= 11 is 0. The number of amides is 7. The normalized spacial score (nSPS) is 14.8. The Kier molecular flexibility index (Phi) is 21.8. The highest BCUT2D eigenvalue weighted by molar-refractivity contribution is 5.99. The van der Waals surface area contributed by atoms with Gasteiger partial charge in [-0.25, -0.2) is 0 Å². The molecular weight excluding hydrogens is 720 g/mol. The number of carbonyl (C=O) groups is 7. The molecule has 17 nitrogen and oxygen atoms in total. The summed E-state index contributed by atoms with van der Waals surface area (Å²) in [7, 11) is 0. The second kappa shape index (κ2) is 25.0. The van der Waals surface area contributed by atoms with Gasteiger partial charge in [0.25, 0.3) is 5.91 Å². The highest BCUT2D eigenvalue weighted by Crippen LogP contribution is 2.13. The van der Waals surface area contributed by atoms with E-state index in [1.165, 1.54) is 0 Å². The Bertz CT molecular complexity index is 1480. The Morgan fingerprint density at radius 3 is 1.62 bits per heavy atom. The number of nitrogens with two attached hydrogens (primary N) is 3. The van der Waals surface area contributed by atoms with Gasteiger partial charge in [-0.1, -0.05) is 86.4 Å². The van der Waals surface area contributed by atoms with Crippen molar-refractivity contribution in [3.05, 3.63) is 35.9 Å². The van der Waals surface area contributed by atoms with Crippen LogP contribution >= 0.6 is 0 Å². The van der Waals surface area contributed by atoms with Crippen molar-refractivity contribution in [2.75, 3.05) is 13.1 Å². The van der Waals surface area contributed by atoms with Gasteiger partial charge in [-0.15, -0.1) is 0 Å². The van der Waals surface area contributed by atoms with E-state index < -0.39 is 78.1 Å². The second-order valence-corrected chi connectivity index (χ2v) is 15.1. The van der Waals surface area contributed by atoms with Crippen LogP contribution in [-0.4, -0.2) is 90.6 Å². The van der Waals surface area contributed by atoms with Gasteiger partial charge in [-0.3, -0.25) is 38.6 Å². The first-order valence-corrected chi connectivity index (χ1v) is 19.5. The molecule has 7 amide bonds. The first-order chi connectivity index (χ1) is 26.3. The number of aliphatic imine (C=N–C) groups is 1. The number of nitrogens with one attached hydrogen (secondary N) is 6. The number of guanidine groups is 1. The minimum atomic E-state index is -1.16. The predicted molar refractivity (Wildman–Crippen MR) is 215 cm³/mol. The van der Waals surface area contributed by atoms with E-state index >= 15 is 0 Å². The number of hydrogen-bond acceptors (Lipinski definition) is 8. The fraction of sp³-hybridized carbons (Fsp3) is 0.641. The molecule has 0 aliphatic heterocycles. The van der Waals surface area contributed by atoms with Crippen LogP contribution in [0.5, 0.6) is 0 Å². The Morgan fingerprint density at radius 2 is 1.12 bits per heavy atom. The summed E-state index contributed by atoms with van der Waals surface area (Å²) < 4.78 is 0. The van der Waals surface area contributed by atoms with Gasteiger partial charge >= 0.3 is 0 Å². The monoisotopic (exact) mass is 787 g/mol. The van der Waals surface area contributed by atoms with Gasteiger partial charge in [0.05, 0.1) is 6.54 Å². The molecule has 0 unspecified atom stereocenters. The van der Waals surface area contributed by atoms with Crippen molar-refractivity contribution in [3.63, 3.8) is 0 Å². The van der Waals surface area contributed by atoms with Crippen LogP contribution in [0.15, 0.2) is 35.3 Å². The lowest BCUT2D eigenvalue weighted by atomic mass is 9.96. The van der Waals surface area contributed by atoms with Crippen LogP contribution in [0, 0.1) is 23.7 Å². The van der Waals surface area contributed by atoms with Crippen molar-refractivity contribution < 1.29 is 33.6 Å². The maximum atomic E-state index is 13.7. The molecule has 0 bridgehead atoms. The predicted octanol–water partition coefficient (Wildman–Crippen LogP) is 0.564. The Labute approximate surface area is 331 Å². The van der Waals surface area contributed by atoms with E-state index in [1.54, 1.807) is 44.2 Å². The van der Waals surface area contributed by atoms with Crippen molar-refractivity contribution in [2.24, 2.45) is 45.9 Å². The van der Waals surface area contributed by atoms with Gasteiger partial charge in [0, 0.05) is 12.1 Å². The standard InChI is InChI=1S/C39H66N10O7/c1-9-24(7)31(33(40)51)48-36(54)29(20-23(5)6)47-35(53)27(17-14-18-43-39(41)42)45-30(50)21-44-38(56)32(25(8)10-2)49-37(55)28(19-22(3)4)46-34(52)26-15-12-11-13-16-26/h11-13,15-16,22-25,27-29,31-32H,9-10,14,17-21H2,1-8H3,(H2,40,51)(H,44,56)(H,45,50)(H,46,52)(H,47,53)(H,48,54)(H,49,55)(H4,41,42,43)/t24-,25-,27-,28-,29-,31-,32-/m0/s1. The fourth-order valence-electron chi connectivity index (χ4n) is 5.74. The average Bonchev–Trinajstić information content (AvgIpc) is 3.14. The zero-order valence-electron chi connectivity index (χ0n) is 34.3. The first kappa shape index (κ1) is 48.8. The maximum Gasteiger partial charge on any atom is 0.251 e. The number of hydrogen-bond donors (Lipinski definition) is 9. The van der Waals surface area contributed by atoms with Crippen LogP contribution in [0.3, 0.4) is 0 Å². The molecule has 0 saturated heterocycles. The molecule has 0 heterocycles. The number of rotatable bonds is 25. The average molecular weight is 787 g/mol. The van der Waals surface area contributed by atoms with Gasteiger partial charge in [-0.05, 0) is 61.5 Å². The highest BCUT2D eigenvalue weighted by atomic mass is 16.2. The lowest BCUT2D eigenvalue weighted by molar-refractivity contribution is -0.134. The smallest absolute Gasteiger partial charge is 0.251 e. The molecule has 1 rings (SSSR count). The van der Waals surface area contributed by atoms with Crippen molar-refractivity contribution in [1.82, 2.24) is 31.9 Å². The molecule has 314 valence electrons. The molecular formula is C39H66N10O7. The Balaban J connectivity index is 3.15. The summed E-state index contributed by atoms with van der Waals surface area (Å²) in [6.07, 6.45) is 1.99. The molecule has 17 heteroatoms. The maximum absolute atomic E-state index is 13.7. The molecule has 56 heavy (non-hydrogen) atoms. The summed E-state index contributed by atoms with van der Waals surface area (Å²) in [4.78, 5) is 96.3. The SMILES string of the molecule is CC[C@H](C)[C@H](NC(=O)[C@H](CC(C)C)NC(=O)[C@H](CCCN=C(N)N)NC(=O)CNC(=O)[C@@H](NC(=O)[C@H](CC(C)C)NC(=O)c1ccccc1)[C@@H](C)CC)C(N)=O. The minimum Gasteiger partial charge on any atom is -0.370 e. The molecule has 1 aromatic carbocycles. The molecule has 0 spiro atoms. The van der Waals surface area contributed by atoms with E-state index in [0.29, 0.717) is 24.8 Å². The third kappa shape index (κ3) is 17.9. The van der Waals surface area contributed by atoms with Gasteiger partial charge in [0.15, 0.2) is 5.96 Å². The van der Waals surface area contributed by atoms with Crippen LogP contribution in [-0.2, 0) is 28.8 Å². The number of nitrogens with zero attached hydrogens (tertiary/aromatic N) is 1. The number of benzene rings is 1. The number of carbonyl (C=O) groups excluding carboxylic acids is 7. The lowest BCUT2D eigenvalue weighted by Crippen LogP contribution is -2.58. The van der Waals surface area contributed by atoms with Crippen LogP contribution in [0.2, 0.25) is 0 Å². The molecule has 0 aliphatic rings. The first-order valence-electron chi connectivity index (χ1n) is 19.5. The van der Waals surface area contributed by atoms with Gasteiger partial charge in [-0.2, -0.15) is 0 Å². The fourth-order valence-corrected chi connectivity index (χ4v) is 5.74. The summed E-state index contributed by atoms with van der Waals surface area (Å²) in [5.41, 5.74) is 16.8. The third-order valence-corrected chi connectivity index (χ3v) is 9.34. The summed E-state index contributed by atoms with van der Waals surface area (Å²) in [6.45, 7) is 14.4. The van der Waals surface area contributed by atoms with Crippen LogP contribution < -0.4 is 49.1 Å². The molecule has 0 fully saturated rings. The van der Waals surface area contributed by atoms with Gasteiger partial charge in [0.2, 0.25) is 35.4 Å². The molecule has 7 atom stereocenters. The van der Waals surface area contributed by atoms with Crippen LogP contribution in [0.4, 0.5) is 0 Å². The number of primary amides is 1. The Morgan fingerprint density at radius 1 is 0.625 bits per heavy atom. The zero-order chi connectivity index (χ0) is 42.5. The molecule has 0 aromatic heterocycles. The third-order valence-electron chi connectivity index (χ3n) is 9.34. The topological polar surface area (TPSA) is 282 Å². The van der Waals surface area contributed by atoms with E-state index in [-0.39, 0.29) is 55.4 Å². The van der Waals surface area contributed by atoms with E-state index in [0.717, 1.165) is 0 Å². The van der Waals surface area contributed by atoms with Gasteiger partial charge < -0.3 is 49.1 Å². The van der Waals surface area contributed by atoms with E-state index in [1.807, 2.05) is 41.5 Å². The highest BCUT2D eigenvalue weighted by Gasteiger charge is 2.33. The van der Waals surface area contributed by atoms with E-state index in [2.05, 4.69) is 36.9 Å². The largest absolute Gasteiger partial charge is 0.370 e. The van der Waals surface area contributed by atoms with Crippen molar-refractivity contribution >= 4 is 47.3 Å². The summed E-state index contributed by atoms with van der Waals surface area (Å²) in [5, 5.41) is 16.1. The van der Waals surface area contributed by atoms with Gasteiger partial charge in [0.1, 0.15) is 30.2 Å². The van der Waals surface area contributed by atoms with E-state index in [9.17, 15) is 33.6 Å². The molecule has 12 N–H and O–H groups in total. The van der Waals surface area contributed by atoms with Crippen molar-refractivity contribution in [3.8, 4) is 0 Å². The summed E-state index contributed by atoms with van der Waals surface area (Å²) in [6, 6.07) is 3.34. The molecule has 0 radical (unpaired) electrons. The van der Waals surface area contributed by atoms with Crippen LogP contribution in [0.1, 0.15) is 104 Å². The summed E-state index contributed by atoms with van der Waals surface area (Å²) in [5.74, 6) is -5.02. The molecule has 1 aromatic rings. The van der Waals surface area contributed by atoms with Crippen LogP contribution in [0.25, 0.3) is 0 Å².